The molecule has 3 rings (SSSR count). The number of fused-ring (bicyclic) bond motifs is 2. The minimum atomic E-state index is -1.19. The molecule has 128 valence electrons. The van der Waals surface area contributed by atoms with Gasteiger partial charge in [-0.15, -0.1) is 0 Å². The fourth-order valence-corrected chi connectivity index (χ4v) is 3.81. The first kappa shape index (κ1) is 16.5. The summed E-state index contributed by atoms with van der Waals surface area (Å²) < 4.78 is 5.52. The smallest absolute Gasteiger partial charge is 0.313 e. The fourth-order valence-electron chi connectivity index (χ4n) is 3.81. The third-order valence-electron chi connectivity index (χ3n) is 6.07. The molecule has 2 aliphatic rings. The highest BCUT2D eigenvalue weighted by molar-refractivity contribution is 6.02. The minimum Gasteiger partial charge on any atom is -0.507 e. The van der Waals surface area contributed by atoms with Crippen molar-refractivity contribution in [1.29, 1.82) is 0 Å². The van der Waals surface area contributed by atoms with Crippen molar-refractivity contribution in [2.45, 2.75) is 46.1 Å². The molecular weight excluding hydrogens is 308 g/mol. The monoisotopic (exact) mass is 330 g/mol. The number of benzene rings is 1. The molecule has 0 spiro atoms. The Morgan fingerprint density at radius 1 is 1.25 bits per heavy atom. The molecule has 1 aromatic rings. The normalized spacial score (nSPS) is 31.0. The number of phenols is 1. The van der Waals surface area contributed by atoms with Crippen molar-refractivity contribution < 1.29 is 19.4 Å². The van der Waals surface area contributed by atoms with E-state index in [1.807, 2.05) is 20.8 Å². The second-order valence-electron chi connectivity index (χ2n) is 7.33. The molecule has 2 N–H and O–H groups in total. The number of hydrogen-bond donors (Lipinski definition) is 2. The molecule has 1 aliphatic carbocycles. The minimum absolute atomic E-state index is 0.0900. The van der Waals surface area contributed by atoms with Gasteiger partial charge in [-0.25, -0.2) is 5.43 Å². The van der Waals surface area contributed by atoms with Gasteiger partial charge in [-0.2, -0.15) is 5.10 Å². The first-order valence-electron chi connectivity index (χ1n) is 8.02. The summed E-state index contributed by atoms with van der Waals surface area (Å²) in [6, 6.07) is 6.76. The molecule has 1 amide bonds. The molecule has 1 saturated heterocycles. The number of esters is 1. The van der Waals surface area contributed by atoms with E-state index in [9.17, 15) is 14.7 Å². The van der Waals surface area contributed by atoms with Gasteiger partial charge in [0.15, 0.2) is 5.60 Å². The van der Waals surface area contributed by atoms with Gasteiger partial charge < -0.3 is 9.84 Å². The van der Waals surface area contributed by atoms with Gasteiger partial charge in [0.1, 0.15) is 5.75 Å². The fraction of sp³-hybridized carbons (Fsp3) is 0.500. The van der Waals surface area contributed by atoms with E-state index < -0.39 is 22.3 Å². The van der Waals surface area contributed by atoms with Crippen LogP contribution in [0.4, 0.5) is 0 Å². The Labute approximate surface area is 140 Å². The third kappa shape index (κ3) is 1.92. The molecule has 6 heteroatoms. The Balaban J connectivity index is 1.85. The van der Waals surface area contributed by atoms with Gasteiger partial charge in [0.05, 0.1) is 11.1 Å². The van der Waals surface area contributed by atoms with Crippen molar-refractivity contribution in [3.63, 3.8) is 0 Å². The average Bonchev–Trinajstić information content (AvgIpc) is 2.83. The maximum absolute atomic E-state index is 12.8. The molecule has 2 bridgehead atoms. The zero-order valence-electron chi connectivity index (χ0n) is 14.3. The molecule has 6 nitrogen and oxygen atoms in total. The second kappa shape index (κ2) is 5.06. The quantitative estimate of drug-likeness (QED) is 0.506. The van der Waals surface area contributed by atoms with Crippen LogP contribution in [0.15, 0.2) is 29.4 Å². The molecule has 2 atom stereocenters. The van der Waals surface area contributed by atoms with E-state index in [-0.39, 0.29) is 11.7 Å². The van der Waals surface area contributed by atoms with Gasteiger partial charge in [-0.1, -0.05) is 26.0 Å². The van der Waals surface area contributed by atoms with Crippen LogP contribution in [0.25, 0.3) is 0 Å². The number of hydrazone groups is 1. The third-order valence-corrected chi connectivity index (χ3v) is 6.07. The summed E-state index contributed by atoms with van der Waals surface area (Å²) in [5.74, 6) is -0.653. The SMILES string of the molecule is C/C(=N\NC(=O)[C@]12CC[C@@](C)(C(=O)O1)C2(C)C)c1ccccc1O. The summed E-state index contributed by atoms with van der Waals surface area (Å²) in [6.45, 7) is 7.33. The maximum atomic E-state index is 12.8. The lowest BCUT2D eigenvalue weighted by molar-refractivity contribution is -0.168. The van der Waals surface area contributed by atoms with Crippen LogP contribution in [0.2, 0.25) is 0 Å². The van der Waals surface area contributed by atoms with Crippen LogP contribution in [-0.4, -0.2) is 28.3 Å². The van der Waals surface area contributed by atoms with Gasteiger partial charge in [-0.3, -0.25) is 9.59 Å². The number of carbonyl (C=O) groups is 2. The first-order chi connectivity index (χ1) is 11.2. The van der Waals surface area contributed by atoms with E-state index in [0.717, 1.165) is 0 Å². The second-order valence-corrected chi connectivity index (χ2v) is 7.33. The van der Waals surface area contributed by atoms with Gasteiger partial charge in [0, 0.05) is 11.0 Å². The van der Waals surface area contributed by atoms with Gasteiger partial charge >= 0.3 is 5.97 Å². The number of hydrogen-bond acceptors (Lipinski definition) is 5. The topological polar surface area (TPSA) is 88.0 Å². The van der Waals surface area contributed by atoms with E-state index in [4.69, 9.17) is 4.74 Å². The average molecular weight is 330 g/mol. The van der Waals surface area contributed by atoms with Crippen molar-refractivity contribution in [2.24, 2.45) is 15.9 Å². The zero-order valence-corrected chi connectivity index (χ0v) is 14.3. The Morgan fingerprint density at radius 2 is 1.92 bits per heavy atom. The molecule has 0 radical (unpaired) electrons. The number of amides is 1. The van der Waals surface area contributed by atoms with Crippen molar-refractivity contribution in [1.82, 2.24) is 5.43 Å². The Bertz CT molecular complexity index is 755. The largest absolute Gasteiger partial charge is 0.507 e. The Morgan fingerprint density at radius 3 is 2.46 bits per heavy atom. The number of carbonyl (C=O) groups excluding carboxylic acids is 2. The summed E-state index contributed by atoms with van der Waals surface area (Å²) in [4.78, 5) is 25.0. The van der Waals surface area contributed by atoms with E-state index in [1.165, 1.54) is 0 Å². The molecule has 1 aliphatic heterocycles. The number of phenolic OH excluding ortho intramolecular Hbond substituents is 1. The van der Waals surface area contributed by atoms with Crippen molar-refractivity contribution in [3.05, 3.63) is 29.8 Å². The molecule has 24 heavy (non-hydrogen) atoms. The van der Waals surface area contributed by atoms with Crippen molar-refractivity contribution in [3.8, 4) is 5.75 Å². The van der Waals surface area contributed by atoms with Crippen molar-refractivity contribution in [2.75, 3.05) is 0 Å². The van der Waals surface area contributed by atoms with Gasteiger partial charge in [0.25, 0.3) is 5.91 Å². The highest BCUT2D eigenvalue weighted by Gasteiger charge is 2.75. The lowest BCUT2D eigenvalue weighted by atomic mass is 9.66. The molecule has 2 fully saturated rings. The summed E-state index contributed by atoms with van der Waals surface area (Å²) in [6.07, 6.45) is 1.10. The molecule has 1 saturated carbocycles. The predicted molar refractivity (Wildman–Crippen MR) is 88.4 cm³/mol. The summed E-state index contributed by atoms with van der Waals surface area (Å²) in [5, 5.41) is 13.9. The molecule has 1 aromatic carbocycles. The van der Waals surface area contributed by atoms with E-state index in [1.54, 1.807) is 31.2 Å². The standard InChI is InChI=1S/C18H22N2O4/c1-11(12-7-5-6-8-13(12)21)19-20-14(22)18-10-9-17(4,15(23)24-18)16(18,2)3/h5-8,21H,9-10H2,1-4H3,(H,20,22)/b19-11+/t17-,18-/m0/s1. The van der Waals surface area contributed by atoms with E-state index in [2.05, 4.69) is 10.5 Å². The van der Waals surface area contributed by atoms with Crippen molar-refractivity contribution >= 4 is 17.6 Å². The molecule has 0 aromatic heterocycles. The highest BCUT2D eigenvalue weighted by atomic mass is 16.6. The molecular formula is C18H22N2O4. The van der Waals surface area contributed by atoms with Crippen LogP contribution >= 0.6 is 0 Å². The Kier molecular flexibility index (Phi) is 3.48. The van der Waals surface area contributed by atoms with Crippen LogP contribution in [0, 0.1) is 10.8 Å². The number of nitrogens with zero attached hydrogens (tertiary/aromatic N) is 1. The van der Waals surface area contributed by atoms with Gasteiger partial charge in [0.2, 0.25) is 0 Å². The molecule has 1 heterocycles. The highest BCUT2D eigenvalue weighted by Crippen LogP contribution is 2.65. The number of nitrogens with one attached hydrogen (secondary N) is 1. The lowest BCUT2D eigenvalue weighted by Crippen LogP contribution is -2.52. The van der Waals surface area contributed by atoms with Crippen LogP contribution in [-0.2, 0) is 14.3 Å². The predicted octanol–water partition coefficient (Wildman–Crippen LogP) is 2.35. The Hall–Kier alpha value is -2.37. The number of ether oxygens (including phenoxy) is 1. The molecule has 0 unspecified atom stereocenters. The van der Waals surface area contributed by atoms with E-state index in [0.29, 0.717) is 24.1 Å². The van der Waals surface area contributed by atoms with Crippen LogP contribution < -0.4 is 5.43 Å². The summed E-state index contributed by atoms with van der Waals surface area (Å²) in [5.41, 5.74) is 1.08. The van der Waals surface area contributed by atoms with E-state index >= 15 is 0 Å². The van der Waals surface area contributed by atoms with Crippen LogP contribution in [0.1, 0.15) is 46.1 Å². The summed E-state index contributed by atoms with van der Waals surface area (Å²) >= 11 is 0. The number of aromatic hydroxyl groups is 1. The first-order valence-corrected chi connectivity index (χ1v) is 8.02. The number of rotatable bonds is 3. The lowest BCUT2D eigenvalue weighted by Gasteiger charge is -2.34. The van der Waals surface area contributed by atoms with Crippen LogP contribution in [0.3, 0.4) is 0 Å². The number of para-hydroxylation sites is 1. The van der Waals surface area contributed by atoms with Crippen LogP contribution in [0.5, 0.6) is 5.75 Å². The summed E-state index contributed by atoms with van der Waals surface area (Å²) in [7, 11) is 0. The zero-order chi connectivity index (χ0) is 17.8. The van der Waals surface area contributed by atoms with Gasteiger partial charge in [-0.05, 0) is 38.8 Å². The maximum Gasteiger partial charge on any atom is 0.313 e.